The van der Waals surface area contributed by atoms with Crippen molar-refractivity contribution >= 4 is 5.97 Å². The number of hydrogen-bond donors (Lipinski definition) is 2. The molecule has 0 saturated carbocycles. The van der Waals surface area contributed by atoms with Crippen molar-refractivity contribution in [3.63, 3.8) is 0 Å². The average Bonchev–Trinajstić information content (AvgIpc) is 1.38. The van der Waals surface area contributed by atoms with Gasteiger partial charge >= 0.3 is 5.97 Å². The van der Waals surface area contributed by atoms with E-state index in [0.29, 0.717) is 0 Å². The van der Waals surface area contributed by atoms with Crippen LogP contribution in [0.5, 0.6) is 0 Å². The minimum absolute atomic E-state index is 0. The van der Waals surface area contributed by atoms with E-state index in [1.165, 1.54) is 0 Å². The van der Waals surface area contributed by atoms with Gasteiger partial charge in [0.2, 0.25) is 0 Å². The van der Waals surface area contributed by atoms with Crippen LogP contribution >= 0.6 is 0 Å². The Morgan fingerprint density at radius 1 is 1.38 bits per heavy atom. The van der Waals surface area contributed by atoms with Crippen molar-refractivity contribution < 1.29 is 72.9 Å². The standard InChI is InChI=1S/C2H4O3.H2O.2Zr/c3-1-2(4)5;;;/h3H,1H2,(H,4,5);1H2;;. The van der Waals surface area contributed by atoms with Crippen molar-refractivity contribution in [2.24, 2.45) is 0 Å². The summed E-state index contributed by atoms with van der Waals surface area (Å²) in [5.74, 6) is -1.19. The number of hydrogen-bond acceptors (Lipinski definition) is 2. The second-order valence-corrected chi connectivity index (χ2v) is 0.552. The summed E-state index contributed by atoms with van der Waals surface area (Å²) in [6.45, 7) is -0.778. The fraction of sp³-hybridized carbons (Fsp3) is 0.500. The third-order valence-electron chi connectivity index (χ3n) is 0.135. The molecule has 4 N–H and O–H groups in total. The molecule has 0 spiro atoms. The molecule has 6 heteroatoms. The molecule has 0 radical (unpaired) electrons. The minimum atomic E-state index is -1.19. The van der Waals surface area contributed by atoms with Crippen LogP contribution in [-0.2, 0) is 57.2 Å². The first kappa shape index (κ1) is 22.9. The van der Waals surface area contributed by atoms with Gasteiger partial charge in [-0.05, 0) is 0 Å². The molecule has 46 valence electrons. The van der Waals surface area contributed by atoms with Gasteiger partial charge in [0.15, 0.2) is 0 Å². The molecule has 4 nitrogen and oxygen atoms in total. The van der Waals surface area contributed by atoms with Crippen molar-refractivity contribution in [1.82, 2.24) is 0 Å². The van der Waals surface area contributed by atoms with Crippen LogP contribution in [0, 0.1) is 0 Å². The average molecular weight is 277 g/mol. The second-order valence-electron chi connectivity index (χ2n) is 0.552. The summed E-state index contributed by atoms with van der Waals surface area (Å²) in [4.78, 5) is 9.12. The van der Waals surface area contributed by atoms with Crippen LogP contribution in [0.2, 0.25) is 0 Å². The zero-order chi connectivity index (χ0) is 4.28. The maximum absolute atomic E-state index is 9.12. The van der Waals surface area contributed by atoms with Crippen molar-refractivity contribution in [3.05, 3.63) is 0 Å². The predicted molar refractivity (Wildman–Crippen MR) is 18.3 cm³/mol. The van der Waals surface area contributed by atoms with Crippen LogP contribution in [-0.4, -0.2) is 28.3 Å². The van der Waals surface area contributed by atoms with E-state index in [9.17, 15) is 0 Å². The fourth-order valence-electron chi connectivity index (χ4n) is 0. The number of carbonyl (C=O) groups is 1. The first-order valence-corrected chi connectivity index (χ1v) is 1.10. The summed E-state index contributed by atoms with van der Waals surface area (Å²) in [7, 11) is 0. The van der Waals surface area contributed by atoms with E-state index < -0.39 is 12.6 Å². The summed E-state index contributed by atoms with van der Waals surface area (Å²) < 4.78 is 0. The van der Waals surface area contributed by atoms with Crippen LogP contribution in [0.15, 0.2) is 0 Å². The van der Waals surface area contributed by atoms with Crippen molar-refractivity contribution in [3.8, 4) is 0 Å². The molecule has 8 heavy (non-hydrogen) atoms. The van der Waals surface area contributed by atoms with Crippen molar-refractivity contribution in [2.75, 3.05) is 6.61 Å². The van der Waals surface area contributed by atoms with E-state index in [1.807, 2.05) is 0 Å². The topological polar surface area (TPSA) is 89.0 Å². The third kappa shape index (κ3) is 27.2. The summed E-state index contributed by atoms with van der Waals surface area (Å²) >= 11 is 0. The molecule has 0 aliphatic carbocycles. The van der Waals surface area contributed by atoms with Crippen molar-refractivity contribution in [2.45, 2.75) is 0 Å². The Labute approximate surface area is 84.8 Å². The zero-order valence-electron chi connectivity index (χ0n) is 4.01. The largest absolute Gasteiger partial charge is 0.480 e. The van der Waals surface area contributed by atoms with E-state index in [2.05, 4.69) is 0 Å². The van der Waals surface area contributed by atoms with Crippen LogP contribution in [0.4, 0.5) is 0 Å². The van der Waals surface area contributed by atoms with Gasteiger partial charge in [-0.2, -0.15) is 0 Å². The van der Waals surface area contributed by atoms with Gasteiger partial charge in [-0.1, -0.05) is 0 Å². The van der Waals surface area contributed by atoms with Gasteiger partial charge in [0.1, 0.15) is 6.61 Å². The summed E-state index contributed by atoms with van der Waals surface area (Å²) in [5.41, 5.74) is 0. The third-order valence-corrected chi connectivity index (χ3v) is 0.135. The van der Waals surface area contributed by atoms with Gasteiger partial charge in [-0.3, -0.25) is 0 Å². The van der Waals surface area contributed by atoms with Gasteiger partial charge in [0.05, 0.1) is 0 Å². The van der Waals surface area contributed by atoms with Gasteiger partial charge in [0.25, 0.3) is 0 Å². The van der Waals surface area contributed by atoms with Crippen molar-refractivity contribution in [1.29, 1.82) is 0 Å². The predicted octanol–water partition coefficient (Wildman–Crippen LogP) is -1.77. The second kappa shape index (κ2) is 15.7. The quantitative estimate of drug-likeness (QED) is 0.594. The number of carboxylic acids is 1. The van der Waals surface area contributed by atoms with Crippen LogP contribution in [0.1, 0.15) is 0 Å². The van der Waals surface area contributed by atoms with E-state index >= 15 is 0 Å². The molecule has 0 aromatic rings. The van der Waals surface area contributed by atoms with Gasteiger partial charge in [0, 0.05) is 52.4 Å². The maximum Gasteiger partial charge on any atom is 0.329 e. The minimum Gasteiger partial charge on any atom is -0.480 e. The first-order chi connectivity index (χ1) is 2.27. The molecule has 0 atom stereocenters. The SMILES string of the molecule is O.O=C(O)CO.[Zr].[Zr]. The number of aliphatic hydroxyl groups is 1. The molecule has 0 aromatic heterocycles. The molecule has 0 bridgehead atoms. The molecule has 0 aliphatic heterocycles. The Balaban J connectivity index is -0.0000000267. The van der Waals surface area contributed by atoms with Crippen LogP contribution < -0.4 is 0 Å². The zero-order valence-corrected chi connectivity index (χ0v) is 8.93. The van der Waals surface area contributed by atoms with Crippen LogP contribution in [0.25, 0.3) is 0 Å². The molecule has 0 saturated heterocycles. The van der Waals surface area contributed by atoms with Gasteiger partial charge < -0.3 is 15.7 Å². The molecule has 0 unspecified atom stereocenters. The van der Waals surface area contributed by atoms with E-state index in [1.54, 1.807) is 0 Å². The molecular formula is C2H6O4Zr2. The fourth-order valence-corrected chi connectivity index (χ4v) is 0. The molecule has 0 heterocycles. The molecule has 0 aliphatic rings. The maximum atomic E-state index is 9.12. The Kier molecular flexibility index (Phi) is 45.0. The molecule has 0 aromatic carbocycles. The smallest absolute Gasteiger partial charge is 0.329 e. The Bertz CT molecular complexity index is 47.3. The summed E-state index contributed by atoms with van der Waals surface area (Å²) in [6.07, 6.45) is 0. The monoisotopic (exact) mass is 274 g/mol. The van der Waals surface area contributed by atoms with Crippen LogP contribution in [0.3, 0.4) is 0 Å². The molecule has 0 rings (SSSR count). The number of aliphatic carboxylic acids is 1. The number of carboxylic acid groups (broad SMARTS) is 1. The Morgan fingerprint density at radius 3 is 1.50 bits per heavy atom. The first-order valence-electron chi connectivity index (χ1n) is 1.10. The van der Waals surface area contributed by atoms with Gasteiger partial charge in [-0.15, -0.1) is 0 Å². The Hall–Kier alpha value is 1.16. The van der Waals surface area contributed by atoms with E-state index in [0.717, 1.165) is 0 Å². The molecular weight excluding hydrogens is 270 g/mol. The summed E-state index contributed by atoms with van der Waals surface area (Å²) in [6, 6.07) is 0. The molecule has 0 amide bonds. The number of aliphatic hydroxyl groups excluding tert-OH is 1. The van der Waals surface area contributed by atoms with E-state index in [4.69, 9.17) is 15.0 Å². The normalized spacial score (nSPS) is 4.62. The van der Waals surface area contributed by atoms with Gasteiger partial charge in [-0.25, -0.2) is 4.79 Å². The molecule has 0 fully saturated rings. The summed E-state index contributed by atoms with van der Waals surface area (Å²) in [5, 5.41) is 15.0. The number of rotatable bonds is 1. The van der Waals surface area contributed by atoms with E-state index in [-0.39, 0.29) is 57.9 Å². The Morgan fingerprint density at radius 2 is 1.50 bits per heavy atom.